The van der Waals surface area contributed by atoms with Gasteiger partial charge in [-0.3, -0.25) is 4.98 Å². The highest BCUT2D eigenvalue weighted by atomic mass is 32.2. The summed E-state index contributed by atoms with van der Waals surface area (Å²) in [7, 11) is 2.15. The van der Waals surface area contributed by atoms with E-state index in [1.807, 2.05) is 11.8 Å². The molecule has 1 aliphatic heterocycles. The average Bonchev–Trinajstić information content (AvgIpc) is 2.90. The first-order valence-electron chi connectivity index (χ1n) is 6.32. The van der Waals surface area contributed by atoms with Gasteiger partial charge in [0.05, 0.1) is 11.9 Å². The molecular weight excluding hydrogens is 249 g/mol. The van der Waals surface area contributed by atoms with Gasteiger partial charge in [-0.05, 0) is 37.8 Å². The molecule has 2 atom stereocenters. The summed E-state index contributed by atoms with van der Waals surface area (Å²) >= 11 is 2.02. The topological polar surface area (TPSA) is 42.1 Å². The largest absolute Gasteiger partial charge is 0.323 e. The zero-order chi connectivity index (χ0) is 13.0. The SMILES string of the molecule is CN(CCC(N)c1ccc(F)cn1)C1CCSC1. The Labute approximate surface area is 112 Å². The molecule has 0 aliphatic carbocycles. The molecule has 2 unspecified atom stereocenters. The summed E-state index contributed by atoms with van der Waals surface area (Å²) in [4.78, 5) is 6.41. The Morgan fingerprint density at radius 1 is 1.61 bits per heavy atom. The quantitative estimate of drug-likeness (QED) is 0.888. The molecule has 0 bridgehead atoms. The molecule has 0 spiro atoms. The summed E-state index contributed by atoms with van der Waals surface area (Å²) in [5.74, 6) is 2.17. The van der Waals surface area contributed by atoms with Crippen LogP contribution in [0, 0.1) is 5.82 Å². The van der Waals surface area contributed by atoms with Crippen LogP contribution in [0.2, 0.25) is 0 Å². The second-order valence-electron chi connectivity index (χ2n) is 4.79. The van der Waals surface area contributed by atoms with Gasteiger partial charge in [0.15, 0.2) is 0 Å². The normalized spacial score (nSPS) is 21.4. The van der Waals surface area contributed by atoms with Crippen molar-refractivity contribution in [3.63, 3.8) is 0 Å². The first-order valence-corrected chi connectivity index (χ1v) is 7.47. The zero-order valence-electron chi connectivity index (χ0n) is 10.7. The number of aromatic nitrogens is 1. The Hall–Kier alpha value is -0.650. The Balaban J connectivity index is 1.80. The maximum atomic E-state index is 12.8. The number of nitrogens with two attached hydrogens (primary N) is 1. The fraction of sp³-hybridized carbons (Fsp3) is 0.615. The van der Waals surface area contributed by atoms with E-state index in [0.29, 0.717) is 6.04 Å². The van der Waals surface area contributed by atoms with Gasteiger partial charge in [0.2, 0.25) is 0 Å². The minimum Gasteiger partial charge on any atom is -0.323 e. The highest BCUT2D eigenvalue weighted by Gasteiger charge is 2.20. The fourth-order valence-corrected chi connectivity index (χ4v) is 3.45. The molecule has 3 nitrogen and oxygen atoms in total. The van der Waals surface area contributed by atoms with Crippen LogP contribution in [-0.2, 0) is 0 Å². The van der Waals surface area contributed by atoms with Gasteiger partial charge in [0.25, 0.3) is 0 Å². The first-order chi connectivity index (χ1) is 8.66. The predicted molar refractivity (Wildman–Crippen MR) is 74.1 cm³/mol. The van der Waals surface area contributed by atoms with Gasteiger partial charge < -0.3 is 10.6 Å². The van der Waals surface area contributed by atoms with E-state index in [4.69, 9.17) is 5.73 Å². The van der Waals surface area contributed by atoms with Crippen LogP contribution in [0.5, 0.6) is 0 Å². The summed E-state index contributed by atoms with van der Waals surface area (Å²) < 4.78 is 12.8. The van der Waals surface area contributed by atoms with E-state index in [-0.39, 0.29) is 11.9 Å². The molecule has 2 N–H and O–H groups in total. The molecular formula is C13H20FN3S. The third-order valence-electron chi connectivity index (χ3n) is 3.45. The molecule has 100 valence electrons. The smallest absolute Gasteiger partial charge is 0.141 e. The van der Waals surface area contributed by atoms with Crippen molar-refractivity contribution in [1.29, 1.82) is 0 Å². The third kappa shape index (κ3) is 3.67. The van der Waals surface area contributed by atoms with E-state index in [0.717, 1.165) is 18.7 Å². The molecule has 2 heterocycles. The van der Waals surface area contributed by atoms with Crippen molar-refractivity contribution in [3.8, 4) is 0 Å². The molecule has 1 saturated heterocycles. The van der Waals surface area contributed by atoms with Crippen LogP contribution in [-0.4, -0.2) is 41.0 Å². The van der Waals surface area contributed by atoms with Gasteiger partial charge in [-0.1, -0.05) is 0 Å². The molecule has 2 rings (SSSR count). The highest BCUT2D eigenvalue weighted by molar-refractivity contribution is 7.99. The molecule has 18 heavy (non-hydrogen) atoms. The Morgan fingerprint density at radius 2 is 2.44 bits per heavy atom. The van der Waals surface area contributed by atoms with E-state index >= 15 is 0 Å². The lowest BCUT2D eigenvalue weighted by Crippen LogP contribution is -2.33. The maximum absolute atomic E-state index is 12.8. The van der Waals surface area contributed by atoms with Crippen LogP contribution in [0.3, 0.4) is 0 Å². The molecule has 0 amide bonds. The molecule has 5 heteroatoms. The molecule has 1 fully saturated rings. The van der Waals surface area contributed by atoms with E-state index in [2.05, 4.69) is 16.9 Å². The average molecular weight is 269 g/mol. The van der Waals surface area contributed by atoms with Crippen molar-refractivity contribution in [2.45, 2.75) is 24.9 Å². The lowest BCUT2D eigenvalue weighted by Gasteiger charge is -2.24. The summed E-state index contributed by atoms with van der Waals surface area (Å²) in [6.07, 6.45) is 3.36. The molecule has 0 radical (unpaired) electrons. The fourth-order valence-electron chi connectivity index (χ4n) is 2.15. The Morgan fingerprint density at radius 3 is 3.06 bits per heavy atom. The monoisotopic (exact) mass is 269 g/mol. The minimum atomic E-state index is -0.314. The van der Waals surface area contributed by atoms with E-state index in [9.17, 15) is 4.39 Å². The Bertz CT molecular complexity index is 365. The number of hydrogen-bond donors (Lipinski definition) is 1. The second-order valence-corrected chi connectivity index (χ2v) is 5.94. The number of halogens is 1. The second kappa shape index (κ2) is 6.50. The van der Waals surface area contributed by atoms with Crippen molar-refractivity contribution in [3.05, 3.63) is 29.8 Å². The summed E-state index contributed by atoms with van der Waals surface area (Å²) in [6.45, 7) is 0.964. The molecule has 0 aromatic carbocycles. The maximum Gasteiger partial charge on any atom is 0.141 e. The number of pyridine rings is 1. The lowest BCUT2D eigenvalue weighted by atomic mass is 10.1. The molecule has 0 saturated carbocycles. The highest BCUT2D eigenvalue weighted by Crippen LogP contribution is 2.22. The minimum absolute atomic E-state index is 0.109. The predicted octanol–water partition coefficient (Wildman–Crippen LogP) is 2.05. The van der Waals surface area contributed by atoms with Crippen molar-refractivity contribution in [2.75, 3.05) is 25.1 Å². The van der Waals surface area contributed by atoms with Crippen LogP contribution >= 0.6 is 11.8 Å². The van der Waals surface area contributed by atoms with Crippen molar-refractivity contribution in [2.24, 2.45) is 5.73 Å². The molecule has 1 aromatic rings. The van der Waals surface area contributed by atoms with Crippen LogP contribution in [0.15, 0.2) is 18.3 Å². The number of rotatable bonds is 5. The van der Waals surface area contributed by atoms with Gasteiger partial charge in [0.1, 0.15) is 5.82 Å². The van der Waals surface area contributed by atoms with Crippen molar-refractivity contribution >= 4 is 11.8 Å². The van der Waals surface area contributed by atoms with Crippen LogP contribution < -0.4 is 5.73 Å². The van der Waals surface area contributed by atoms with Crippen molar-refractivity contribution in [1.82, 2.24) is 9.88 Å². The summed E-state index contributed by atoms with van der Waals surface area (Å²) in [5.41, 5.74) is 6.84. The summed E-state index contributed by atoms with van der Waals surface area (Å²) in [5, 5.41) is 0. The van der Waals surface area contributed by atoms with Gasteiger partial charge in [-0.2, -0.15) is 11.8 Å². The lowest BCUT2D eigenvalue weighted by molar-refractivity contribution is 0.252. The van der Waals surface area contributed by atoms with Gasteiger partial charge in [-0.15, -0.1) is 0 Å². The molecule has 1 aliphatic rings. The van der Waals surface area contributed by atoms with Crippen LogP contribution in [0.25, 0.3) is 0 Å². The number of hydrogen-bond acceptors (Lipinski definition) is 4. The molecule has 1 aromatic heterocycles. The van der Waals surface area contributed by atoms with Gasteiger partial charge >= 0.3 is 0 Å². The number of nitrogens with zero attached hydrogens (tertiary/aromatic N) is 2. The Kier molecular flexibility index (Phi) is 4.97. The van der Waals surface area contributed by atoms with E-state index in [1.165, 1.54) is 30.2 Å². The van der Waals surface area contributed by atoms with Gasteiger partial charge in [0, 0.05) is 24.4 Å². The van der Waals surface area contributed by atoms with Gasteiger partial charge in [-0.25, -0.2) is 4.39 Å². The van der Waals surface area contributed by atoms with E-state index in [1.54, 1.807) is 6.07 Å². The van der Waals surface area contributed by atoms with Crippen LogP contribution in [0.4, 0.5) is 4.39 Å². The van der Waals surface area contributed by atoms with Crippen LogP contribution in [0.1, 0.15) is 24.6 Å². The van der Waals surface area contributed by atoms with E-state index < -0.39 is 0 Å². The van der Waals surface area contributed by atoms with Crippen molar-refractivity contribution < 1.29 is 4.39 Å². The first kappa shape index (κ1) is 13.8. The standard InChI is InChI=1S/C13H20FN3S/c1-17(11-5-7-18-9-11)6-4-12(15)13-3-2-10(14)8-16-13/h2-3,8,11-12H,4-7,9,15H2,1H3. The third-order valence-corrected chi connectivity index (χ3v) is 4.60. The zero-order valence-corrected chi connectivity index (χ0v) is 11.5. The summed E-state index contributed by atoms with van der Waals surface area (Å²) in [6, 6.07) is 3.66. The number of thioether (sulfide) groups is 1.